The SMILES string of the molecule is CC(CC(=O)Nc1ccc(N2CCOCC2)cn1)c1ccccc1. The Morgan fingerprint density at radius 1 is 1.21 bits per heavy atom. The maximum atomic E-state index is 12.2. The third-order valence-electron chi connectivity index (χ3n) is 4.25. The number of pyridine rings is 1. The number of benzene rings is 1. The van der Waals surface area contributed by atoms with E-state index in [1.54, 1.807) is 0 Å². The van der Waals surface area contributed by atoms with Gasteiger partial charge in [0, 0.05) is 19.5 Å². The van der Waals surface area contributed by atoms with E-state index in [0.717, 1.165) is 32.0 Å². The fraction of sp³-hybridized carbons (Fsp3) is 0.368. The first-order valence-electron chi connectivity index (χ1n) is 8.36. The van der Waals surface area contributed by atoms with Gasteiger partial charge in [0.05, 0.1) is 25.1 Å². The average Bonchev–Trinajstić information content (AvgIpc) is 2.64. The van der Waals surface area contributed by atoms with E-state index >= 15 is 0 Å². The Bertz CT molecular complexity index is 652. The number of nitrogens with one attached hydrogen (secondary N) is 1. The monoisotopic (exact) mass is 325 g/mol. The Labute approximate surface area is 142 Å². The van der Waals surface area contributed by atoms with Gasteiger partial charge in [-0.05, 0) is 23.6 Å². The molecule has 1 aliphatic heterocycles. The summed E-state index contributed by atoms with van der Waals surface area (Å²) < 4.78 is 5.35. The highest BCUT2D eigenvalue weighted by molar-refractivity contribution is 5.90. The molecule has 5 nitrogen and oxygen atoms in total. The molecule has 0 saturated carbocycles. The van der Waals surface area contributed by atoms with Crippen LogP contribution >= 0.6 is 0 Å². The Morgan fingerprint density at radius 3 is 2.62 bits per heavy atom. The molecule has 0 spiro atoms. The Kier molecular flexibility index (Phi) is 5.43. The number of ether oxygens (including phenoxy) is 1. The van der Waals surface area contributed by atoms with Crippen LogP contribution in [-0.2, 0) is 9.53 Å². The first-order valence-corrected chi connectivity index (χ1v) is 8.36. The van der Waals surface area contributed by atoms with Crippen LogP contribution < -0.4 is 10.2 Å². The molecule has 1 saturated heterocycles. The molecule has 1 aromatic carbocycles. The number of carbonyl (C=O) groups excluding carboxylic acids is 1. The largest absolute Gasteiger partial charge is 0.378 e. The summed E-state index contributed by atoms with van der Waals surface area (Å²) in [6.45, 7) is 5.31. The molecule has 2 heterocycles. The molecule has 1 aliphatic rings. The lowest BCUT2D eigenvalue weighted by atomic mass is 9.98. The van der Waals surface area contributed by atoms with Crippen molar-refractivity contribution in [2.24, 2.45) is 0 Å². The van der Waals surface area contributed by atoms with Crippen LogP contribution in [0.2, 0.25) is 0 Å². The summed E-state index contributed by atoms with van der Waals surface area (Å²) in [5.74, 6) is 0.758. The summed E-state index contributed by atoms with van der Waals surface area (Å²) in [4.78, 5) is 18.8. The van der Waals surface area contributed by atoms with Crippen molar-refractivity contribution in [2.75, 3.05) is 36.5 Å². The third-order valence-corrected chi connectivity index (χ3v) is 4.25. The van der Waals surface area contributed by atoms with Crippen LogP contribution in [0.15, 0.2) is 48.7 Å². The zero-order valence-electron chi connectivity index (χ0n) is 13.9. The fourth-order valence-corrected chi connectivity index (χ4v) is 2.84. The van der Waals surface area contributed by atoms with Crippen LogP contribution in [0.1, 0.15) is 24.8 Å². The van der Waals surface area contributed by atoms with E-state index in [4.69, 9.17) is 4.74 Å². The normalized spacial score (nSPS) is 15.8. The van der Waals surface area contributed by atoms with Gasteiger partial charge in [0.25, 0.3) is 0 Å². The maximum absolute atomic E-state index is 12.2. The molecule has 1 N–H and O–H groups in total. The molecule has 5 heteroatoms. The fourth-order valence-electron chi connectivity index (χ4n) is 2.84. The van der Waals surface area contributed by atoms with Gasteiger partial charge in [0.1, 0.15) is 5.82 Å². The first-order chi connectivity index (χ1) is 11.7. The summed E-state index contributed by atoms with van der Waals surface area (Å²) in [5.41, 5.74) is 2.23. The van der Waals surface area contributed by atoms with Crippen molar-refractivity contribution in [3.63, 3.8) is 0 Å². The van der Waals surface area contributed by atoms with Crippen molar-refractivity contribution in [1.82, 2.24) is 4.98 Å². The second-order valence-electron chi connectivity index (χ2n) is 6.07. The summed E-state index contributed by atoms with van der Waals surface area (Å²) in [6.07, 6.45) is 2.25. The predicted molar refractivity (Wildman–Crippen MR) is 95.4 cm³/mol. The van der Waals surface area contributed by atoms with E-state index in [2.05, 4.69) is 22.1 Å². The molecule has 0 aliphatic carbocycles. The molecule has 1 atom stereocenters. The van der Waals surface area contributed by atoms with Crippen molar-refractivity contribution in [1.29, 1.82) is 0 Å². The topological polar surface area (TPSA) is 54.5 Å². The molecular formula is C19H23N3O2. The minimum absolute atomic E-state index is 0.0158. The van der Waals surface area contributed by atoms with Gasteiger partial charge >= 0.3 is 0 Å². The number of rotatable bonds is 5. The van der Waals surface area contributed by atoms with Crippen LogP contribution in [0.4, 0.5) is 11.5 Å². The number of anilines is 2. The molecule has 0 radical (unpaired) electrons. The molecule has 126 valence electrons. The van der Waals surface area contributed by atoms with E-state index in [0.29, 0.717) is 12.2 Å². The van der Waals surface area contributed by atoms with Gasteiger partial charge in [0.2, 0.25) is 5.91 Å². The molecule has 1 unspecified atom stereocenters. The second kappa shape index (κ2) is 7.93. The number of hydrogen-bond acceptors (Lipinski definition) is 4. The highest BCUT2D eigenvalue weighted by Crippen LogP contribution is 2.20. The van der Waals surface area contributed by atoms with Crippen molar-refractivity contribution in [2.45, 2.75) is 19.3 Å². The molecular weight excluding hydrogens is 302 g/mol. The standard InChI is InChI=1S/C19H23N3O2/c1-15(16-5-3-2-4-6-16)13-19(23)21-18-8-7-17(14-20-18)22-9-11-24-12-10-22/h2-8,14-15H,9-13H2,1H3,(H,20,21,23). The van der Waals surface area contributed by atoms with Crippen LogP contribution in [0.3, 0.4) is 0 Å². The van der Waals surface area contributed by atoms with Crippen LogP contribution in [0, 0.1) is 0 Å². The number of morpholine rings is 1. The Balaban J connectivity index is 1.54. The van der Waals surface area contributed by atoms with Crippen molar-refractivity contribution in [3.05, 3.63) is 54.2 Å². The summed E-state index contributed by atoms with van der Waals surface area (Å²) in [6, 6.07) is 13.9. The number of amides is 1. The van der Waals surface area contributed by atoms with E-state index in [1.165, 1.54) is 5.56 Å². The van der Waals surface area contributed by atoms with Gasteiger partial charge in [0.15, 0.2) is 0 Å². The summed E-state index contributed by atoms with van der Waals surface area (Å²) in [7, 11) is 0. The van der Waals surface area contributed by atoms with Gasteiger partial charge in [-0.2, -0.15) is 0 Å². The van der Waals surface area contributed by atoms with Gasteiger partial charge in [-0.15, -0.1) is 0 Å². The number of carbonyl (C=O) groups is 1. The van der Waals surface area contributed by atoms with E-state index in [9.17, 15) is 4.79 Å². The average molecular weight is 325 g/mol. The van der Waals surface area contributed by atoms with Crippen LogP contribution in [-0.4, -0.2) is 37.2 Å². The lowest BCUT2D eigenvalue weighted by molar-refractivity contribution is -0.116. The maximum Gasteiger partial charge on any atom is 0.226 e. The first kappa shape index (κ1) is 16.5. The summed E-state index contributed by atoms with van der Waals surface area (Å²) in [5, 5.41) is 2.88. The molecule has 1 fully saturated rings. The molecule has 1 aromatic heterocycles. The zero-order chi connectivity index (χ0) is 16.8. The van der Waals surface area contributed by atoms with Crippen LogP contribution in [0.5, 0.6) is 0 Å². The second-order valence-corrected chi connectivity index (χ2v) is 6.07. The summed E-state index contributed by atoms with van der Waals surface area (Å²) >= 11 is 0. The number of nitrogens with zero attached hydrogens (tertiary/aromatic N) is 2. The van der Waals surface area contributed by atoms with Gasteiger partial charge < -0.3 is 15.0 Å². The minimum atomic E-state index is -0.0158. The highest BCUT2D eigenvalue weighted by Gasteiger charge is 2.13. The molecule has 24 heavy (non-hydrogen) atoms. The molecule has 0 bridgehead atoms. The third kappa shape index (κ3) is 4.32. The van der Waals surface area contributed by atoms with E-state index in [-0.39, 0.29) is 11.8 Å². The lowest BCUT2D eigenvalue weighted by Crippen LogP contribution is -2.36. The Morgan fingerprint density at radius 2 is 1.96 bits per heavy atom. The minimum Gasteiger partial charge on any atom is -0.378 e. The highest BCUT2D eigenvalue weighted by atomic mass is 16.5. The predicted octanol–water partition coefficient (Wildman–Crippen LogP) is 3.05. The van der Waals surface area contributed by atoms with Gasteiger partial charge in [-0.3, -0.25) is 4.79 Å². The van der Waals surface area contributed by atoms with Crippen molar-refractivity contribution in [3.8, 4) is 0 Å². The van der Waals surface area contributed by atoms with Crippen LogP contribution in [0.25, 0.3) is 0 Å². The number of aromatic nitrogens is 1. The molecule has 3 rings (SSSR count). The molecule has 1 amide bonds. The molecule has 2 aromatic rings. The Hall–Kier alpha value is -2.40. The van der Waals surface area contributed by atoms with Gasteiger partial charge in [-0.1, -0.05) is 37.3 Å². The quantitative estimate of drug-likeness (QED) is 0.918. The van der Waals surface area contributed by atoms with Crippen molar-refractivity contribution >= 4 is 17.4 Å². The van der Waals surface area contributed by atoms with E-state index < -0.39 is 0 Å². The lowest BCUT2D eigenvalue weighted by Gasteiger charge is -2.28. The zero-order valence-corrected chi connectivity index (χ0v) is 13.9. The van der Waals surface area contributed by atoms with Gasteiger partial charge in [-0.25, -0.2) is 4.98 Å². The smallest absolute Gasteiger partial charge is 0.226 e. The van der Waals surface area contributed by atoms with Crippen molar-refractivity contribution < 1.29 is 9.53 Å². The number of hydrogen-bond donors (Lipinski definition) is 1. The van der Waals surface area contributed by atoms with E-state index in [1.807, 2.05) is 48.7 Å².